The number of para-hydroxylation sites is 1. The van der Waals surface area contributed by atoms with Crippen LogP contribution >= 0.6 is 0 Å². The second kappa shape index (κ2) is 5.88. The third-order valence-corrected chi connectivity index (χ3v) is 4.57. The molecule has 2 N–H and O–H groups in total. The summed E-state index contributed by atoms with van der Waals surface area (Å²) in [5.41, 5.74) is 1.18. The highest BCUT2D eigenvalue weighted by Crippen LogP contribution is 2.38. The van der Waals surface area contributed by atoms with Crippen molar-refractivity contribution in [2.24, 2.45) is 11.8 Å². The predicted molar refractivity (Wildman–Crippen MR) is 82.1 cm³/mol. The van der Waals surface area contributed by atoms with Crippen molar-refractivity contribution in [2.75, 3.05) is 5.32 Å². The minimum atomic E-state index is -0.0818. The van der Waals surface area contributed by atoms with Gasteiger partial charge in [0.05, 0.1) is 11.3 Å². The summed E-state index contributed by atoms with van der Waals surface area (Å²) in [7, 11) is 0. The van der Waals surface area contributed by atoms with E-state index in [1.165, 1.54) is 12.8 Å². The van der Waals surface area contributed by atoms with E-state index in [1.807, 2.05) is 12.1 Å². The summed E-state index contributed by atoms with van der Waals surface area (Å²) in [5.74, 6) is 0.519. The Morgan fingerprint density at radius 2 is 1.81 bits per heavy atom. The number of nitrogens with one attached hydrogen (secondary N) is 2. The normalized spacial score (nSPS) is 24.6. The quantitative estimate of drug-likeness (QED) is 0.894. The first kappa shape index (κ1) is 14.1. The van der Waals surface area contributed by atoms with Gasteiger partial charge in [0, 0.05) is 12.0 Å². The molecule has 0 aliphatic heterocycles. The first-order valence-corrected chi connectivity index (χ1v) is 7.86. The second-order valence-corrected chi connectivity index (χ2v) is 6.31. The molecule has 0 aromatic heterocycles. The summed E-state index contributed by atoms with van der Waals surface area (Å²) in [6.45, 7) is 2.07. The third kappa shape index (κ3) is 3.26. The maximum atomic E-state index is 12.4. The molecule has 0 saturated heterocycles. The van der Waals surface area contributed by atoms with Crippen LogP contribution in [0, 0.1) is 11.8 Å². The van der Waals surface area contributed by atoms with E-state index in [-0.39, 0.29) is 23.8 Å². The maximum Gasteiger partial charge on any atom is 0.253 e. The Bertz CT molecular complexity index is 549. The number of rotatable bonds is 4. The van der Waals surface area contributed by atoms with Gasteiger partial charge in [-0.2, -0.15) is 0 Å². The van der Waals surface area contributed by atoms with Crippen LogP contribution in [-0.4, -0.2) is 17.9 Å². The van der Waals surface area contributed by atoms with Gasteiger partial charge >= 0.3 is 0 Å². The fourth-order valence-corrected chi connectivity index (χ4v) is 3.04. The lowest BCUT2D eigenvalue weighted by Crippen LogP contribution is -2.33. The molecular formula is C17H22N2O2. The standard InChI is InChI=1S/C17H22N2O2/c1-11-10-14(11)17(21)19-15-9-5-4-8-13(15)16(20)18-12-6-2-3-7-12/h4-5,8-9,11-12,14H,2-3,6-7,10H2,1H3,(H,18,20)(H,19,21). The largest absolute Gasteiger partial charge is 0.349 e. The van der Waals surface area contributed by atoms with Crippen molar-refractivity contribution in [3.8, 4) is 0 Å². The summed E-state index contributed by atoms with van der Waals surface area (Å²) in [5, 5.41) is 5.98. The third-order valence-electron chi connectivity index (χ3n) is 4.57. The number of amides is 2. The zero-order valence-corrected chi connectivity index (χ0v) is 12.4. The van der Waals surface area contributed by atoms with Crippen molar-refractivity contribution in [3.63, 3.8) is 0 Å². The molecule has 21 heavy (non-hydrogen) atoms. The van der Waals surface area contributed by atoms with Crippen LogP contribution in [0.4, 0.5) is 5.69 Å². The number of carbonyl (C=O) groups excluding carboxylic acids is 2. The van der Waals surface area contributed by atoms with Crippen molar-refractivity contribution in [3.05, 3.63) is 29.8 Å². The predicted octanol–water partition coefficient (Wildman–Crippen LogP) is 2.95. The lowest BCUT2D eigenvalue weighted by atomic mass is 10.1. The molecule has 0 bridgehead atoms. The molecule has 2 amide bonds. The molecule has 1 aromatic carbocycles. The van der Waals surface area contributed by atoms with E-state index in [9.17, 15) is 9.59 Å². The van der Waals surface area contributed by atoms with Gasteiger partial charge in [-0.25, -0.2) is 0 Å². The Kier molecular flexibility index (Phi) is 3.95. The summed E-state index contributed by atoms with van der Waals surface area (Å²) < 4.78 is 0. The number of benzene rings is 1. The minimum absolute atomic E-state index is 0.0311. The summed E-state index contributed by atoms with van der Waals surface area (Å²) >= 11 is 0. The minimum Gasteiger partial charge on any atom is -0.349 e. The monoisotopic (exact) mass is 286 g/mol. The van der Waals surface area contributed by atoms with Crippen LogP contribution in [0.5, 0.6) is 0 Å². The first-order chi connectivity index (χ1) is 10.1. The van der Waals surface area contributed by atoms with E-state index in [1.54, 1.807) is 12.1 Å². The summed E-state index contributed by atoms with van der Waals surface area (Å²) in [6, 6.07) is 7.53. The Balaban J connectivity index is 1.69. The molecule has 1 aromatic rings. The molecule has 0 radical (unpaired) electrons. The Hall–Kier alpha value is -1.84. The number of anilines is 1. The van der Waals surface area contributed by atoms with Gasteiger partial charge < -0.3 is 10.6 Å². The van der Waals surface area contributed by atoms with Gasteiger partial charge in [-0.15, -0.1) is 0 Å². The van der Waals surface area contributed by atoms with E-state index in [4.69, 9.17) is 0 Å². The van der Waals surface area contributed by atoms with Gasteiger partial charge in [0.1, 0.15) is 0 Å². The highest BCUT2D eigenvalue weighted by Gasteiger charge is 2.39. The van der Waals surface area contributed by atoms with E-state index in [0.717, 1.165) is 19.3 Å². The molecule has 0 spiro atoms. The van der Waals surface area contributed by atoms with Gasteiger partial charge in [0.25, 0.3) is 5.91 Å². The van der Waals surface area contributed by atoms with E-state index in [2.05, 4.69) is 17.6 Å². The Morgan fingerprint density at radius 1 is 1.14 bits per heavy atom. The Morgan fingerprint density at radius 3 is 2.48 bits per heavy atom. The molecule has 2 aliphatic carbocycles. The zero-order valence-electron chi connectivity index (χ0n) is 12.4. The van der Waals surface area contributed by atoms with Crippen molar-refractivity contribution in [2.45, 2.75) is 45.1 Å². The molecule has 2 saturated carbocycles. The molecule has 4 nitrogen and oxygen atoms in total. The molecular weight excluding hydrogens is 264 g/mol. The fourth-order valence-electron chi connectivity index (χ4n) is 3.04. The molecule has 4 heteroatoms. The highest BCUT2D eigenvalue weighted by atomic mass is 16.2. The van der Waals surface area contributed by atoms with E-state index >= 15 is 0 Å². The first-order valence-electron chi connectivity index (χ1n) is 7.86. The average Bonchev–Trinajstić information content (AvgIpc) is 2.98. The van der Waals surface area contributed by atoms with Crippen LogP contribution in [-0.2, 0) is 4.79 Å². The second-order valence-electron chi connectivity index (χ2n) is 6.31. The molecule has 0 heterocycles. The topological polar surface area (TPSA) is 58.2 Å². The smallest absolute Gasteiger partial charge is 0.253 e. The zero-order chi connectivity index (χ0) is 14.8. The van der Waals surface area contributed by atoms with Gasteiger partial charge in [-0.3, -0.25) is 9.59 Å². The van der Waals surface area contributed by atoms with E-state index < -0.39 is 0 Å². The fraction of sp³-hybridized carbons (Fsp3) is 0.529. The van der Waals surface area contributed by atoms with Crippen LogP contribution in [0.1, 0.15) is 49.4 Å². The number of hydrogen-bond donors (Lipinski definition) is 2. The summed E-state index contributed by atoms with van der Waals surface area (Å²) in [6.07, 6.45) is 5.42. The highest BCUT2D eigenvalue weighted by molar-refractivity contribution is 6.04. The molecule has 112 valence electrons. The van der Waals surface area contributed by atoms with Gasteiger partial charge in [-0.1, -0.05) is 31.9 Å². The van der Waals surface area contributed by atoms with E-state index in [0.29, 0.717) is 17.2 Å². The van der Waals surface area contributed by atoms with Crippen LogP contribution in [0.25, 0.3) is 0 Å². The molecule has 2 fully saturated rings. The molecule has 2 aliphatic rings. The van der Waals surface area contributed by atoms with Crippen molar-refractivity contribution >= 4 is 17.5 Å². The van der Waals surface area contributed by atoms with Crippen molar-refractivity contribution in [1.82, 2.24) is 5.32 Å². The van der Waals surface area contributed by atoms with Crippen LogP contribution < -0.4 is 10.6 Å². The molecule has 2 unspecified atom stereocenters. The van der Waals surface area contributed by atoms with Gasteiger partial charge in [-0.05, 0) is 37.3 Å². The van der Waals surface area contributed by atoms with Gasteiger partial charge in [0.2, 0.25) is 5.91 Å². The van der Waals surface area contributed by atoms with Crippen molar-refractivity contribution in [1.29, 1.82) is 0 Å². The SMILES string of the molecule is CC1CC1C(=O)Nc1ccccc1C(=O)NC1CCCC1. The van der Waals surface area contributed by atoms with Crippen molar-refractivity contribution < 1.29 is 9.59 Å². The summed E-state index contributed by atoms with van der Waals surface area (Å²) in [4.78, 5) is 24.5. The number of hydrogen-bond acceptors (Lipinski definition) is 2. The Labute approximate surface area is 125 Å². The van der Waals surface area contributed by atoms with Gasteiger partial charge in [0.15, 0.2) is 0 Å². The molecule has 2 atom stereocenters. The lowest BCUT2D eigenvalue weighted by molar-refractivity contribution is -0.117. The molecule has 3 rings (SSSR count). The van der Waals surface area contributed by atoms with Crippen LogP contribution in [0.2, 0.25) is 0 Å². The maximum absolute atomic E-state index is 12.4. The van der Waals surface area contributed by atoms with Crippen LogP contribution in [0.15, 0.2) is 24.3 Å². The van der Waals surface area contributed by atoms with Crippen LogP contribution in [0.3, 0.4) is 0 Å². The number of carbonyl (C=O) groups is 2. The lowest BCUT2D eigenvalue weighted by Gasteiger charge is -2.15. The average molecular weight is 286 g/mol.